The van der Waals surface area contributed by atoms with Crippen LogP contribution in [0.15, 0.2) is 12.5 Å². The van der Waals surface area contributed by atoms with Crippen LogP contribution in [0.2, 0.25) is 0 Å². The van der Waals surface area contributed by atoms with Gasteiger partial charge < -0.3 is 5.73 Å². The first-order valence-electron chi connectivity index (χ1n) is 2.68. The normalized spacial score (nSPS) is 10.4. The van der Waals surface area contributed by atoms with Crippen LogP contribution in [-0.4, -0.2) is 15.0 Å². The third-order valence-electron chi connectivity index (χ3n) is 1.09. The van der Waals surface area contributed by atoms with Crippen molar-refractivity contribution in [2.45, 2.75) is 0 Å². The minimum Gasteiger partial charge on any atom is -0.375 e. The molecule has 2 aromatic rings. The monoisotopic (exact) mass is 152 g/mol. The van der Waals surface area contributed by atoms with Crippen molar-refractivity contribution in [1.82, 2.24) is 15.0 Å². The first-order chi connectivity index (χ1) is 4.86. The molecule has 2 N–H and O–H groups in total. The quantitative estimate of drug-likeness (QED) is 0.602. The molecule has 0 saturated heterocycles. The second kappa shape index (κ2) is 1.88. The third kappa shape index (κ3) is 0.714. The maximum Gasteiger partial charge on any atom is 0.182 e. The second-order valence-corrected chi connectivity index (χ2v) is 2.77. The highest BCUT2D eigenvalue weighted by molar-refractivity contribution is 7.21. The lowest BCUT2D eigenvalue weighted by atomic mass is 10.6. The summed E-state index contributed by atoms with van der Waals surface area (Å²) in [5, 5.41) is 0.538. The van der Waals surface area contributed by atoms with Crippen molar-refractivity contribution >= 4 is 26.8 Å². The van der Waals surface area contributed by atoms with Crippen molar-refractivity contribution in [2.75, 3.05) is 5.73 Å². The molecular formula is C5H4N4S. The molecule has 4 nitrogen and oxygen atoms in total. The molecule has 0 amide bonds. The summed E-state index contributed by atoms with van der Waals surface area (Å²) in [6.45, 7) is 0. The Kier molecular flexibility index (Phi) is 1.04. The predicted molar refractivity (Wildman–Crippen MR) is 39.6 cm³/mol. The fourth-order valence-corrected chi connectivity index (χ4v) is 1.35. The molecule has 10 heavy (non-hydrogen) atoms. The number of aromatic nitrogens is 3. The lowest BCUT2D eigenvalue weighted by Crippen LogP contribution is -1.79. The zero-order valence-corrected chi connectivity index (χ0v) is 5.80. The van der Waals surface area contributed by atoms with Crippen LogP contribution in [0, 0.1) is 0 Å². The van der Waals surface area contributed by atoms with E-state index in [2.05, 4.69) is 15.0 Å². The van der Waals surface area contributed by atoms with Gasteiger partial charge in [-0.3, -0.25) is 0 Å². The molecule has 0 unspecified atom stereocenters. The molecule has 50 valence electrons. The summed E-state index contributed by atoms with van der Waals surface area (Å²) < 4.78 is 0. The molecular weight excluding hydrogens is 148 g/mol. The highest BCUT2D eigenvalue weighted by Crippen LogP contribution is 2.19. The Morgan fingerprint density at radius 3 is 3.20 bits per heavy atom. The van der Waals surface area contributed by atoms with Crippen molar-refractivity contribution in [3.63, 3.8) is 0 Å². The van der Waals surface area contributed by atoms with E-state index in [1.54, 1.807) is 6.20 Å². The van der Waals surface area contributed by atoms with Gasteiger partial charge in [0.25, 0.3) is 0 Å². The lowest BCUT2D eigenvalue weighted by molar-refractivity contribution is 1.22. The number of anilines is 1. The molecule has 0 spiro atoms. The Morgan fingerprint density at radius 2 is 2.40 bits per heavy atom. The number of hydrogen-bond acceptors (Lipinski definition) is 5. The summed E-state index contributed by atoms with van der Waals surface area (Å²) in [5.41, 5.74) is 6.20. The fourth-order valence-electron chi connectivity index (χ4n) is 0.707. The molecule has 2 aromatic heterocycles. The Bertz CT molecular complexity index is 322. The van der Waals surface area contributed by atoms with Gasteiger partial charge in [-0.15, -0.1) is 0 Å². The summed E-state index contributed by atoms with van der Waals surface area (Å²) in [6.07, 6.45) is 3.13. The van der Waals surface area contributed by atoms with Crippen molar-refractivity contribution in [3.8, 4) is 0 Å². The lowest BCUT2D eigenvalue weighted by Gasteiger charge is -1.79. The highest BCUT2D eigenvalue weighted by Gasteiger charge is 1.98. The van der Waals surface area contributed by atoms with E-state index < -0.39 is 0 Å². The Morgan fingerprint density at radius 1 is 1.50 bits per heavy atom. The molecule has 2 heterocycles. The first kappa shape index (κ1) is 5.55. The van der Waals surface area contributed by atoms with Gasteiger partial charge in [0.2, 0.25) is 0 Å². The number of hydrogen-bond donors (Lipinski definition) is 1. The van der Waals surface area contributed by atoms with Crippen LogP contribution in [-0.2, 0) is 0 Å². The average molecular weight is 152 g/mol. The third-order valence-corrected chi connectivity index (χ3v) is 1.90. The fraction of sp³-hybridized carbons (Fsp3) is 0. The molecule has 0 fully saturated rings. The van der Waals surface area contributed by atoms with E-state index >= 15 is 0 Å². The van der Waals surface area contributed by atoms with Gasteiger partial charge in [0.05, 0.1) is 6.20 Å². The van der Waals surface area contributed by atoms with E-state index in [0.29, 0.717) is 5.13 Å². The van der Waals surface area contributed by atoms with E-state index in [-0.39, 0.29) is 0 Å². The van der Waals surface area contributed by atoms with Gasteiger partial charge in [-0.25, -0.2) is 15.0 Å². The molecule has 0 aliphatic heterocycles. The van der Waals surface area contributed by atoms with Crippen LogP contribution >= 0.6 is 11.3 Å². The average Bonchev–Trinajstić information content (AvgIpc) is 2.27. The largest absolute Gasteiger partial charge is 0.375 e. The number of thiazole rings is 1. The van der Waals surface area contributed by atoms with Crippen molar-refractivity contribution in [2.24, 2.45) is 0 Å². The van der Waals surface area contributed by atoms with Gasteiger partial charge >= 0.3 is 0 Å². The van der Waals surface area contributed by atoms with Crippen molar-refractivity contribution in [1.29, 1.82) is 0 Å². The highest BCUT2D eigenvalue weighted by atomic mass is 32.1. The predicted octanol–water partition coefficient (Wildman–Crippen LogP) is 0.668. The number of nitrogens with two attached hydrogens (primary N) is 1. The Balaban J connectivity index is 2.88. The molecule has 0 aliphatic carbocycles. The summed E-state index contributed by atoms with van der Waals surface area (Å²) >= 11 is 1.37. The minimum absolute atomic E-state index is 0.538. The summed E-state index contributed by atoms with van der Waals surface area (Å²) in [5.74, 6) is 0. The summed E-state index contributed by atoms with van der Waals surface area (Å²) in [7, 11) is 0. The molecule has 5 heteroatoms. The zero-order valence-electron chi connectivity index (χ0n) is 4.98. The van der Waals surface area contributed by atoms with Crippen LogP contribution in [0.25, 0.3) is 10.3 Å². The van der Waals surface area contributed by atoms with E-state index in [4.69, 9.17) is 5.73 Å². The van der Waals surface area contributed by atoms with Gasteiger partial charge in [0.1, 0.15) is 16.7 Å². The maximum absolute atomic E-state index is 5.43. The molecule has 0 radical (unpaired) electrons. The topological polar surface area (TPSA) is 64.7 Å². The maximum atomic E-state index is 5.43. The van der Waals surface area contributed by atoms with Crippen molar-refractivity contribution in [3.05, 3.63) is 12.5 Å². The number of fused-ring (bicyclic) bond motifs is 1. The van der Waals surface area contributed by atoms with E-state index in [1.807, 2.05) is 0 Å². The standard InChI is InChI=1S/C5H4N4S/c6-5-9-3-1-7-2-8-4(3)10-5/h1-2H,(H2,6,9). The van der Waals surface area contributed by atoms with Gasteiger partial charge in [-0.05, 0) is 0 Å². The molecule has 0 aromatic carbocycles. The number of nitrogen functional groups attached to an aromatic ring is 1. The van der Waals surface area contributed by atoms with E-state index in [9.17, 15) is 0 Å². The van der Waals surface area contributed by atoms with Crippen molar-refractivity contribution < 1.29 is 0 Å². The Labute approximate surface area is 60.8 Å². The SMILES string of the molecule is Nc1nc2cncnc2s1. The van der Waals surface area contributed by atoms with Gasteiger partial charge in [-0.1, -0.05) is 11.3 Å². The summed E-state index contributed by atoms with van der Waals surface area (Å²) in [6, 6.07) is 0. The van der Waals surface area contributed by atoms with Crippen LogP contribution in [0.1, 0.15) is 0 Å². The molecule has 0 saturated carbocycles. The van der Waals surface area contributed by atoms with Gasteiger partial charge in [0, 0.05) is 0 Å². The van der Waals surface area contributed by atoms with Gasteiger partial charge in [-0.2, -0.15) is 0 Å². The van der Waals surface area contributed by atoms with E-state index in [0.717, 1.165) is 10.3 Å². The molecule has 0 atom stereocenters. The Hall–Kier alpha value is -1.23. The first-order valence-corrected chi connectivity index (χ1v) is 3.50. The number of rotatable bonds is 0. The molecule has 2 rings (SSSR count). The van der Waals surface area contributed by atoms with Crippen LogP contribution in [0.3, 0.4) is 0 Å². The minimum atomic E-state index is 0.538. The van der Waals surface area contributed by atoms with E-state index in [1.165, 1.54) is 17.7 Å². The van der Waals surface area contributed by atoms with Crippen LogP contribution < -0.4 is 5.73 Å². The zero-order chi connectivity index (χ0) is 6.97. The summed E-state index contributed by atoms with van der Waals surface area (Å²) in [4.78, 5) is 12.6. The van der Waals surface area contributed by atoms with Gasteiger partial charge in [0.15, 0.2) is 5.13 Å². The second-order valence-electron chi connectivity index (χ2n) is 1.77. The van der Waals surface area contributed by atoms with Crippen LogP contribution in [0.5, 0.6) is 0 Å². The number of nitrogens with zero attached hydrogens (tertiary/aromatic N) is 3. The molecule has 0 bridgehead atoms. The van der Waals surface area contributed by atoms with Crippen LogP contribution in [0.4, 0.5) is 5.13 Å². The molecule has 0 aliphatic rings. The smallest absolute Gasteiger partial charge is 0.182 e.